The summed E-state index contributed by atoms with van der Waals surface area (Å²) < 4.78 is 27.1. The smallest absolute Gasteiger partial charge is 0.218 e. The van der Waals surface area contributed by atoms with E-state index in [0.29, 0.717) is 30.1 Å². The first-order valence-corrected chi connectivity index (χ1v) is 9.85. The van der Waals surface area contributed by atoms with E-state index in [4.69, 9.17) is 11.6 Å². The maximum absolute atomic E-state index is 12.8. The summed E-state index contributed by atoms with van der Waals surface area (Å²) in [5.74, 6) is -0.126. The van der Waals surface area contributed by atoms with E-state index in [0.717, 1.165) is 19.3 Å². The molecule has 0 radical (unpaired) electrons. The van der Waals surface area contributed by atoms with Crippen LogP contribution in [0.2, 0.25) is 5.02 Å². The van der Waals surface area contributed by atoms with Gasteiger partial charge in [0.25, 0.3) is 0 Å². The topological polar surface area (TPSA) is 66.5 Å². The normalized spacial score (nSPS) is 19.5. The molecule has 1 aliphatic heterocycles. The van der Waals surface area contributed by atoms with Crippen LogP contribution in [0.5, 0.6) is 0 Å². The highest BCUT2D eigenvalue weighted by Crippen LogP contribution is 2.25. The van der Waals surface area contributed by atoms with Crippen LogP contribution in [0.4, 0.5) is 0 Å². The van der Waals surface area contributed by atoms with Gasteiger partial charge in [-0.2, -0.15) is 4.31 Å². The number of hydrogen-bond acceptors (Lipinski definition) is 3. The van der Waals surface area contributed by atoms with Gasteiger partial charge in [0.15, 0.2) is 0 Å². The fraction of sp³-hybridized carbons (Fsp3) is 0.562. The molecule has 0 aromatic heterocycles. The third-order valence-electron chi connectivity index (χ3n) is 4.02. The predicted octanol–water partition coefficient (Wildman–Crippen LogP) is 2.55. The molecular formula is C16H23ClN2O3S. The average Bonchev–Trinajstić information content (AvgIpc) is 2.47. The van der Waals surface area contributed by atoms with Crippen LogP contribution in [0, 0.1) is 0 Å². The molecule has 1 heterocycles. The highest BCUT2D eigenvalue weighted by atomic mass is 35.5. The Labute approximate surface area is 143 Å². The number of rotatable bonds is 6. The highest BCUT2D eigenvalue weighted by Gasteiger charge is 2.32. The lowest BCUT2D eigenvalue weighted by molar-refractivity contribution is -0.119. The molecule has 128 valence electrons. The molecular weight excluding hydrogens is 336 g/mol. The van der Waals surface area contributed by atoms with Gasteiger partial charge in [0.1, 0.15) is 0 Å². The van der Waals surface area contributed by atoms with Gasteiger partial charge in [-0.05, 0) is 37.0 Å². The third-order valence-corrected chi connectivity index (χ3v) is 6.15. The first-order valence-electron chi connectivity index (χ1n) is 7.87. The lowest BCUT2D eigenvalue weighted by Crippen LogP contribution is -2.45. The number of carbonyl (C=O) groups is 1. The van der Waals surface area contributed by atoms with Crippen LogP contribution in [0.1, 0.15) is 38.2 Å². The lowest BCUT2D eigenvalue weighted by Gasteiger charge is -2.34. The standard InChI is InChI=1S/C16H23ClN2O3S/c1-13(20)18-9-8-16-7-2-3-10-19(16)23(21,22)12-14-5-4-6-15(17)11-14/h4-6,11,16H,2-3,7-10,12H2,1H3,(H,18,20)/t16-/m0/s1. The van der Waals surface area contributed by atoms with Gasteiger partial charge in [-0.1, -0.05) is 30.2 Å². The van der Waals surface area contributed by atoms with Crippen molar-refractivity contribution in [3.63, 3.8) is 0 Å². The first kappa shape index (κ1) is 18.2. The van der Waals surface area contributed by atoms with Gasteiger partial charge in [0.05, 0.1) is 5.75 Å². The van der Waals surface area contributed by atoms with E-state index in [2.05, 4.69) is 5.32 Å². The summed E-state index contributed by atoms with van der Waals surface area (Å²) in [4.78, 5) is 11.0. The molecule has 1 aromatic carbocycles. The molecule has 0 aliphatic carbocycles. The molecule has 1 aliphatic rings. The Morgan fingerprint density at radius 1 is 1.39 bits per heavy atom. The zero-order valence-electron chi connectivity index (χ0n) is 13.3. The molecule has 0 saturated carbocycles. The molecule has 5 nitrogen and oxygen atoms in total. The van der Waals surface area contributed by atoms with Gasteiger partial charge in [0, 0.05) is 31.1 Å². The second-order valence-corrected chi connectivity index (χ2v) is 8.28. The number of nitrogens with one attached hydrogen (secondary N) is 1. The van der Waals surface area contributed by atoms with Crippen LogP contribution in [-0.2, 0) is 20.6 Å². The van der Waals surface area contributed by atoms with Gasteiger partial charge in [0.2, 0.25) is 15.9 Å². The summed E-state index contributed by atoms with van der Waals surface area (Å²) in [7, 11) is -3.39. The van der Waals surface area contributed by atoms with Crippen LogP contribution in [0.15, 0.2) is 24.3 Å². The number of halogens is 1. The minimum absolute atomic E-state index is 0.0375. The number of piperidine rings is 1. The molecule has 1 amide bonds. The van der Waals surface area contributed by atoms with Gasteiger partial charge >= 0.3 is 0 Å². The Kier molecular flexibility index (Phi) is 6.44. The Balaban J connectivity index is 2.06. The van der Waals surface area contributed by atoms with Crippen LogP contribution < -0.4 is 5.32 Å². The van der Waals surface area contributed by atoms with E-state index < -0.39 is 10.0 Å². The average molecular weight is 359 g/mol. The zero-order valence-corrected chi connectivity index (χ0v) is 14.9. The van der Waals surface area contributed by atoms with Crippen LogP contribution in [-0.4, -0.2) is 37.8 Å². The predicted molar refractivity (Wildman–Crippen MR) is 91.7 cm³/mol. The molecule has 1 saturated heterocycles. The van der Waals surface area contributed by atoms with Gasteiger partial charge in [-0.3, -0.25) is 4.79 Å². The first-order chi connectivity index (χ1) is 10.9. The number of sulfonamides is 1. The summed E-state index contributed by atoms with van der Waals surface area (Å²) in [6.07, 6.45) is 3.39. The van der Waals surface area contributed by atoms with Crippen LogP contribution in [0.3, 0.4) is 0 Å². The van der Waals surface area contributed by atoms with Crippen molar-refractivity contribution in [3.8, 4) is 0 Å². The lowest BCUT2D eigenvalue weighted by atomic mass is 10.0. The van der Waals surface area contributed by atoms with Gasteiger partial charge in [-0.25, -0.2) is 8.42 Å². The largest absolute Gasteiger partial charge is 0.356 e. The van der Waals surface area contributed by atoms with Crippen molar-refractivity contribution < 1.29 is 13.2 Å². The second-order valence-electron chi connectivity index (χ2n) is 5.92. The fourth-order valence-electron chi connectivity index (χ4n) is 2.96. The van der Waals surface area contributed by atoms with E-state index >= 15 is 0 Å². The quantitative estimate of drug-likeness (QED) is 0.849. The molecule has 1 N–H and O–H groups in total. The summed E-state index contributed by atoms with van der Waals surface area (Å²) in [6.45, 7) is 2.52. The number of hydrogen-bond donors (Lipinski definition) is 1. The van der Waals surface area contributed by atoms with Crippen molar-refractivity contribution >= 4 is 27.5 Å². The van der Waals surface area contributed by atoms with E-state index in [1.165, 1.54) is 6.92 Å². The minimum atomic E-state index is -3.39. The fourth-order valence-corrected chi connectivity index (χ4v) is 5.02. The number of carbonyl (C=O) groups excluding carboxylic acids is 1. The molecule has 0 spiro atoms. The number of benzene rings is 1. The zero-order chi connectivity index (χ0) is 16.9. The van der Waals surface area contributed by atoms with E-state index in [1.54, 1.807) is 28.6 Å². The molecule has 1 aromatic rings. The summed E-state index contributed by atoms with van der Waals surface area (Å²) in [5, 5.41) is 3.28. The molecule has 1 atom stereocenters. The summed E-state index contributed by atoms with van der Waals surface area (Å²) in [6, 6.07) is 6.92. The van der Waals surface area contributed by atoms with E-state index in [-0.39, 0.29) is 17.7 Å². The van der Waals surface area contributed by atoms with Crippen molar-refractivity contribution in [2.24, 2.45) is 0 Å². The van der Waals surface area contributed by atoms with Gasteiger partial charge in [-0.15, -0.1) is 0 Å². The van der Waals surface area contributed by atoms with Crippen molar-refractivity contribution in [2.45, 2.75) is 44.4 Å². The Hall–Kier alpha value is -1.11. The molecule has 0 unspecified atom stereocenters. The molecule has 7 heteroatoms. The van der Waals surface area contributed by atoms with Crippen molar-refractivity contribution in [1.29, 1.82) is 0 Å². The molecule has 2 rings (SSSR count). The monoisotopic (exact) mass is 358 g/mol. The van der Waals surface area contributed by atoms with E-state index in [1.807, 2.05) is 0 Å². The maximum Gasteiger partial charge on any atom is 0.218 e. The van der Waals surface area contributed by atoms with Crippen molar-refractivity contribution in [1.82, 2.24) is 9.62 Å². The molecule has 0 bridgehead atoms. The Morgan fingerprint density at radius 3 is 2.87 bits per heavy atom. The van der Waals surface area contributed by atoms with Gasteiger partial charge < -0.3 is 5.32 Å². The Bertz CT molecular complexity index is 648. The maximum atomic E-state index is 12.8. The number of nitrogens with zero attached hydrogens (tertiary/aromatic N) is 1. The highest BCUT2D eigenvalue weighted by molar-refractivity contribution is 7.88. The van der Waals surface area contributed by atoms with Crippen LogP contribution in [0.25, 0.3) is 0 Å². The second kappa shape index (κ2) is 8.13. The summed E-state index contributed by atoms with van der Waals surface area (Å²) in [5.41, 5.74) is 0.698. The SMILES string of the molecule is CC(=O)NCC[C@@H]1CCCCN1S(=O)(=O)Cc1cccc(Cl)c1. The minimum Gasteiger partial charge on any atom is -0.356 e. The number of amides is 1. The van der Waals surface area contributed by atoms with Crippen molar-refractivity contribution in [2.75, 3.05) is 13.1 Å². The molecule has 1 fully saturated rings. The molecule has 23 heavy (non-hydrogen) atoms. The Morgan fingerprint density at radius 2 is 2.17 bits per heavy atom. The van der Waals surface area contributed by atoms with E-state index in [9.17, 15) is 13.2 Å². The third kappa shape index (κ3) is 5.48. The van der Waals surface area contributed by atoms with Crippen LogP contribution >= 0.6 is 11.6 Å². The van der Waals surface area contributed by atoms with Crippen molar-refractivity contribution in [3.05, 3.63) is 34.9 Å². The summed E-state index contributed by atoms with van der Waals surface area (Å²) >= 11 is 5.94.